The van der Waals surface area contributed by atoms with Gasteiger partial charge in [0.2, 0.25) is 21.9 Å². The van der Waals surface area contributed by atoms with Crippen LogP contribution in [0.25, 0.3) is 0 Å². The van der Waals surface area contributed by atoms with Gasteiger partial charge in [0.15, 0.2) is 0 Å². The zero-order valence-corrected chi connectivity index (χ0v) is 17.6. The van der Waals surface area contributed by atoms with Crippen LogP contribution in [0.5, 0.6) is 11.6 Å². The summed E-state index contributed by atoms with van der Waals surface area (Å²) >= 11 is 0. The molecule has 1 N–H and O–H groups in total. The van der Waals surface area contributed by atoms with Gasteiger partial charge in [-0.3, -0.25) is 0 Å². The quantitative estimate of drug-likeness (QED) is 0.599. The number of nitrogens with zero attached hydrogens (tertiary/aromatic N) is 3. The average Bonchev–Trinajstić information content (AvgIpc) is 2.76. The van der Waals surface area contributed by atoms with E-state index < -0.39 is 10.0 Å². The van der Waals surface area contributed by atoms with Crippen molar-refractivity contribution in [1.29, 1.82) is 0 Å². The van der Waals surface area contributed by atoms with E-state index in [-0.39, 0.29) is 17.6 Å². The Kier molecular flexibility index (Phi) is 6.43. The molecule has 0 bridgehead atoms. The molecule has 1 aliphatic heterocycles. The fraction of sp³-hybridized carbons (Fsp3) is 0.273. The largest absolute Gasteiger partial charge is 0.439 e. The molecule has 9 heteroatoms. The zero-order valence-electron chi connectivity index (χ0n) is 16.8. The van der Waals surface area contributed by atoms with Crippen LogP contribution in [0.2, 0.25) is 0 Å². The third-order valence-corrected chi connectivity index (χ3v) is 6.89. The SMILES string of the molecule is O=S(=O)(Cc1ccccc1)N1CCC(Nc2nccc(Oc3ccc(F)cc3)n2)CC1. The number of sulfonamides is 1. The summed E-state index contributed by atoms with van der Waals surface area (Å²) in [5.74, 6) is 0.896. The maximum absolute atomic E-state index is 13.0. The highest BCUT2D eigenvalue weighted by Crippen LogP contribution is 2.22. The van der Waals surface area contributed by atoms with Gasteiger partial charge in [0.25, 0.3) is 0 Å². The molecule has 2 aromatic carbocycles. The number of halogens is 1. The predicted octanol–water partition coefficient (Wildman–Crippen LogP) is 3.81. The van der Waals surface area contributed by atoms with Crippen molar-refractivity contribution < 1.29 is 17.5 Å². The fourth-order valence-corrected chi connectivity index (χ4v) is 4.99. The van der Waals surface area contributed by atoms with E-state index in [1.165, 1.54) is 24.3 Å². The van der Waals surface area contributed by atoms with E-state index in [9.17, 15) is 12.8 Å². The number of aromatic nitrogens is 2. The molecular weight excluding hydrogens is 419 g/mol. The van der Waals surface area contributed by atoms with Crippen molar-refractivity contribution in [3.8, 4) is 11.6 Å². The van der Waals surface area contributed by atoms with Crippen LogP contribution in [0.15, 0.2) is 66.9 Å². The second-order valence-electron chi connectivity index (χ2n) is 7.33. The Morgan fingerprint density at radius 1 is 1.03 bits per heavy atom. The van der Waals surface area contributed by atoms with E-state index in [2.05, 4.69) is 15.3 Å². The normalized spacial score (nSPS) is 15.5. The smallest absolute Gasteiger partial charge is 0.226 e. The summed E-state index contributed by atoms with van der Waals surface area (Å²) < 4.78 is 45.6. The van der Waals surface area contributed by atoms with Crippen molar-refractivity contribution in [3.63, 3.8) is 0 Å². The number of ether oxygens (including phenoxy) is 1. The lowest BCUT2D eigenvalue weighted by Gasteiger charge is -2.31. The van der Waals surface area contributed by atoms with Gasteiger partial charge in [-0.1, -0.05) is 30.3 Å². The molecule has 1 saturated heterocycles. The van der Waals surface area contributed by atoms with Crippen LogP contribution in [0.1, 0.15) is 18.4 Å². The Labute approximate surface area is 181 Å². The summed E-state index contributed by atoms with van der Waals surface area (Å²) in [6.07, 6.45) is 2.88. The van der Waals surface area contributed by atoms with Crippen LogP contribution in [-0.2, 0) is 15.8 Å². The number of benzene rings is 2. The Morgan fingerprint density at radius 2 is 1.74 bits per heavy atom. The van der Waals surface area contributed by atoms with Gasteiger partial charge < -0.3 is 10.1 Å². The molecule has 31 heavy (non-hydrogen) atoms. The van der Waals surface area contributed by atoms with Gasteiger partial charge in [0.05, 0.1) is 5.75 Å². The summed E-state index contributed by atoms with van der Waals surface area (Å²) in [4.78, 5) is 8.56. The third kappa shape index (κ3) is 5.77. The second-order valence-corrected chi connectivity index (χ2v) is 9.30. The Hall–Kier alpha value is -3.04. The van der Waals surface area contributed by atoms with Crippen LogP contribution in [0.4, 0.5) is 10.3 Å². The Balaban J connectivity index is 1.32. The van der Waals surface area contributed by atoms with Gasteiger partial charge in [-0.15, -0.1) is 0 Å². The molecule has 4 rings (SSSR count). The molecule has 7 nitrogen and oxygen atoms in total. The first-order valence-electron chi connectivity index (χ1n) is 10.0. The van der Waals surface area contributed by atoms with Gasteiger partial charge in [-0.25, -0.2) is 22.1 Å². The first-order valence-corrected chi connectivity index (χ1v) is 11.6. The topological polar surface area (TPSA) is 84.4 Å². The Morgan fingerprint density at radius 3 is 2.45 bits per heavy atom. The molecule has 1 aromatic heterocycles. The van der Waals surface area contributed by atoms with E-state index in [1.807, 2.05) is 30.3 Å². The van der Waals surface area contributed by atoms with Gasteiger partial charge >= 0.3 is 0 Å². The van der Waals surface area contributed by atoms with Crippen LogP contribution >= 0.6 is 0 Å². The summed E-state index contributed by atoms with van der Waals surface area (Å²) in [7, 11) is -3.35. The summed E-state index contributed by atoms with van der Waals surface area (Å²) in [5, 5.41) is 3.25. The monoisotopic (exact) mass is 442 g/mol. The molecule has 0 spiro atoms. The van der Waals surface area contributed by atoms with E-state index >= 15 is 0 Å². The highest BCUT2D eigenvalue weighted by molar-refractivity contribution is 7.88. The molecule has 0 amide bonds. The molecule has 0 unspecified atom stereocenters. The number of piperidine rings is 1. The molecule has 1 aliphatic rings. The van der Waals surface area contributed by atoms with Gasteiger partial charge in [0, 0.05) is 31.4 Å². The molecular formula is C22H23FN4O3S. The molecule has 0 aliphatic carbocycles. The molecule has 3 aromatic rings. The fourth-order valence-electron chi connectivity index (χ4n) is 3.43. The first kappa shape index (κ1) is 21.2. The van der Waals surface area contributed by atoms with Crippen molar-refractivity contribution in [3.05, 3.63) is 78.2 Å². The van der Waals surface area contributed by atoms with Crippen molar-refractivity contribution in [2.24, 2.45) is 0 Å². The number of hydrogen-bond donors (Lipinski definition) is 1. The first-order chi connectivity index (χ1) is 15.0. The third-order valence-electron chi connectivity index (χ3n) is 5.04. The van der Waals surface area contributed by atoms with E-state index in [0.717, 1.165) is 5.56 Å². The average molecular weight is 443 g/mol. The zero-order chi connectivity index (χ0) is 21.7. The van der Waals surface area contributed by atoms with E-state index in [4.69, 9.17) is 4.74 Å². The van der Waals surface area contributed by atoms with Crippen molar-refractivity contribution in [1.82, 2.24) is 14.3 Å². The minimum Gasteiger partial charge on any atom is -0.439 e. The summed E-state index contributed by atoms with van der Waals surface area (Å²) in [6, 6.07) is 16.6. The maximum Gasteiger partial charge on any atom is 0.226 e. The number of hydrogen-bond acceptors (Lipinski definition) is 6. The van der Waals surface area contributed by atoms with E-state index in [0.29, 0.717) is 43.5 Å². The lowest BCUT2D eigenvalue weighted by molar-refractivity contribution is 0.328. The highest BCUT2D eigenvalue weighted by atomic mass is 32.2. The van der Waals surface area contributed by atoms with Crippen molar-refractivity contribution in [2.75, 3.05) is 18.4 Å². The number of anilines is 1. The molecule has 0 radical (unpaired) electrons. The minimum atomic E-state index is -3.35. The van der Waals surface area contributed by atoms with Crippen LogP contribution in [-0.4, -0.2) is 41.8 Å². The molecule has 162 valence electrons. The predicted molar refractivity (Wildman–Crippen MR) is 116 cm³/mol. The van der Waals surface area contributed by atoms with Gasteiger partial charge in [0.1, 0.15) is 11.6 Å². The lowest BCUT2D eigenvalue weighted by atomic mass is 10.1. The molecule has 1 fully saturated rings. The van der Waals surface area contributed by atoms with Crippen molar-refractivity contribution in [2.45, 2.75) is 24.6 Å². The second kappa shape index (κ2) is 9.40. The minimum absolute atomic E-state index is 0.0117. The molecule has 0 saturated carbocycles. The Bertz CT molecular complexity index is 1100. The lowest BCUT2D eigenvalue weighted by Crippen LogP contribution is -2.43. The number of nitrogens with one attached hydrogen (secondary N) is 1. The summed E-state index contributed by atoms with van der Waals surface area (Å²) in [5.41, 5.74) is 0.786. The van der Waals surface area contributed by atoms with E-state index in [1.54, 1.807) is 16.6 Å². The van der Waals surface area contributed by atoms with Crippen LogP contribution in [0, 0.1) is 5.82 Å². The number of rotatable bonds is 7. The summed E-state index contributed by atoms with van der Waals surface area (Å²) in [6.45, 7) is 0.886. The van der Waals surface area contributed by atoms with Crippen LogP contribution in [0.3, 0.4) is 0 Å². The van der Waals surface area contributed by atoms with Crippen LogP contribution < -0.4 is 10.1 Å². The molecule has 0 atom stereocenters. The van der Waals surface area contributed by atoms with Gasteiger partial charge in [-0.2, -0.15) is 4.98 Å². The standard InChI is InChI=1S/C22H23FN4O3S/c23-18-6-8-20(9-7-18)30-21-10-13-24-22(26-21)25-19-11-14-27(15-12-19)31(28,29)16-17-4-2-1-3-5-17/h1-10,13,19H,11-12,14-16H2,(H,24,25,26). The van der Waals surface area contributed by atoms with Gasteiger partial charge in [-0.05, 0) is 42.7 Å². The highest BCUT2D eigenvalue weighted by Gasteiger charge is 2.28. The maximum atomic E-state index is 13.0. The molecule has 2 heterocycles. The van der Waals surface area contributed by atoms with Crippen molar-refractivity contribution >= 4 is 16.0 Å².